The van der Waals surface area contributed by atoms with Gasteiger partial charge in [-0.1, -0.05) is 23.7 Å². The van der Waals surface area contributed by atoms with Gasteiger partial charge in [-0.25, -0.2) is 9.37 Å². The maximum Gasteiger partial charge on any atom is 0.165 e. The first-order valence-corrected chi connectivity index (χ1v) is 5.79. The molecule has 0 aliphatic carbocycles. The molecule has 2 aromatic rings. The first-order valence-electron chi connectivity index (χ1n) is 5.41. The van der Waals surface area contributed by atoms with Crippen LogP contribution in [0.5, 0.6) is 5.75 Å². The lowest BCUT2D eigenvalue weighted by Gasteiger charge is -2.09. The molecule has 1 heterocycles. The molecule has 0 radical (unpaired) electrons. The molecule has 3 nitrogen and oxygen atoms in total. The third-order valence-corrected chi connectivity index (χ3v) is 2.72. The summed E-state index contributed by atoms with van der Waals surface area (Å²) in [7, 11) is 1.76. The molecule has 94 valence electrons. The number of rotatable bonds is 4. The van der Waals surface area contributed by atoms with E-state index in [-0.39, 0.29) is 12.4 Å². The fraction of sp³-hybridized carbons (Fsp3) is 0.154. The van der Waals surface area contributed by atoms with Gasteiger partial charge in [0.1, 0.15) is 12.4 Å². The smallest absolute Gasteiger partial charge is 0.165 e. The van der Waals surface area contributed by atoms with Gasteiger partial charge in [0.2, 0.25) is 0 Å². The lowest BCUT2D eigenvalue weighted by Crippen LogP contribution is -2.03. The molecule has 0 saturated carbocycles. The molecule has 0 aliphatic heterocycles. The zero-order chi connectivity index (χ0) is 13.0. The Balaban J connectivity index is 2.13. The van der Waals surface area contributed by atoms with Gasteiger partial charge < -0.3 is 10.1 Å². The molecule has 0 fully saturated rings. The minimum absolute atomic E-state index is 0.120. The second-order valence-electron chi connectivity index (χ2n) is 3.59. The van der Waals surface area contributed by atoms with Crippen LogP contribution in [-0.4, -0.2) is 12.0 Å². The quantitative estimate of drug-likeness (QED) is 0.920. The van der Waals surface area contributed by atoms with Crippen molar-refractivity contribution in [3.8, 4) is 5.75 Å². The van der Waals surface area contributed by atoms with Crippen LogP contribution in [0.1, 0.15) is 5.69 Å². The van der Waals surface area contributed by atoms with Gasteiger partial charge in [0.15, 0.2) is 11.6 Å². The highest BCUT2D eigenvalue weighted by molar-refractivity contribution is 6.31. The third kappa shape index (κ3) is 2.90. The summed E-state index contributed by atoms with van der Waals surface area (Å²) in [6, 6.07) is 9.70. The van der Waals surface area contributed by atoms with E-state index in [0.29, 0.717) is 16.5 Å². The summed E-state index contributed by atoms with van der Waals surface area (Å²) in [6.07, 6.45) is 0. The molecule has 1 N–H and O–H groups in total. The van der Waals surface area contributed by atoms with Crippen molar-refractivity contribution in [2.75, 3.05) is 12.4 Å². The van der Waals surface area contributed by atoms with Crippen molar-refractivity contribution in [2.24, 2.45) is 0 Å². The van der Waals surface area contributed by atoms with Gasteiger partial charge in [-0.3, -0.25) is 0 Å². The van der Waals surface area contributed by atoms with E-state index in [2.05, 4.69) is 10.3 Å². The maximum atomic E-state index is 13.3. The van der Waals surface area contributed by atoms with Gasteiger partial charge >= 0.3 is 0 Å². The average molecular weight is 267 g/mol. The highest BCUT2D eigenvalue weighted by atomic mass is 35.5. The fourth-order valence-electron chi connectivity index (χ4n) is 1.43. The second-order valence-corrected chi connectivity index (χ2v) is 4.00. The Bertz CT molecular complexity index is 548. The van der Waals surface area contributed by atoms with E-state index >= 15 is 0 Å². The van der Waals surface area contributed by atoms with Crippen LogP contribution in [-0.2, 0) is 6.61 Å². The maximum absolute atomic E-state index is 13.3. The van der Waals surface area contributed by atoms with Crippen molar-refractivity contribution < 1.29 is 9.13 Å². The van der Waals surface area contributed by atoms with Crippen molar-refractivity contribution in [3.05, 3.63) is 52.9 Å². The highest BCUT2D eigenvalue weighted by Crippen LogP contribution is 2.21. The van der Waals surface area contributed by atoms with Gasteiger partial charge in [-0.15, -0.1) is 0 Å². The number of para-hydroxylation sites is 1. The molecule has 0 saturated heterocycles. The number of pyridine rings is 1. The normalized spacial score (nSPS) is 10.2. The molecule has 0 aliphatic rings. The van der Waals surface area contributed by atoms with Crippen molar-refractivity contribution in [1.29, 1.82) is 0 Å². The first kappa shape index (κ1) is 12.6. The lowest BCUT2D eigenvalue weighted by atomic mass is 10.3. The van der Waals surface area contributed by atoms with Crippen LogP contribution in [0.15, 0.2) is 36.4 Å². The zero-order valence-electron chi connectivity index (χ0n) is 9.78. The molecule has 5 heteroatoms. The number of benzene rings is 1. The van der Waals surface area contributed by atoms with Crippen LogP contribution >= 0.6 is 11.6 Å². The van der Waals surface area contributed by atoms with E-state index in [0.717, 1.165) is 0 Å². The molecular formula is C13H12ClFN2O. The Hall–Kier alpha value is -1.81. The van der Waals surface area contributed by atoms with Crippen LogP contribution in [0.4, 0.5) is 10.2 Å². The molecule has 18 heavy (non-hydrogen) atoms. The fourth-order valence-corrected chi connectivity index (χ4v) is 1.59. The molecule has 0 bridgehead atoms. The number of hydrogen-bond donors (Lipinski definition) is 1. The molecule has 1 aromatic heterocycles. The van der Waals surface area contributed by atoms with Crippen molar-refractivity contribution in [1.82, 2.24) is 4.98 Å². The lowest BCUT2D eigenvalue weighted by molar-refractivity contribution is 0.286. The van der Waals surface area contributed by atoms with E-state index < -0.39 is 5.82 Å². The van der Waals surface area contributed by atoms with Crippen LogP contribution < -0.4 is 10.1 Å². The van der Waals surface area contributed by atoms with E-state index in [4.69, 9.17) is 16.3 Å². The Morgan fingerprint density at radius 1 is 1.28 bits per heavy atom. The molecular weight excluding hydrogens is 255 g/mol. The molecule has 2 rings (SSSR count). The SMILES string of the molecule is CNc1ccc(Cl)c(COc2ccccc2F)n1. The average Bonchev–Trinajstić information content (AvgIpc) is 2.39. The summed E-state index contributed by atoms with van der Waals surface area (Å²) in [5.41, 5.74) is 0.562. The predicted molar refractivity (Wildman–Crippen MR) is 69.5 cm³/mol. The Kier molecular flexibility index (Phi) is 3.99. The number of ether oxygens (including phenoxy) is 1. The summed E-state index contributed by atoms with van der Waals surface area (Å²) < 4.78 is 18.7. The monoisotopic (exact) mass is 266 g/mol. The topological polar surface area (TPSA) is 34.1 Å². The van der Waals surface area contributed by atoms with Crippen LogP contribution in [0.3, 0.4) is 0 Å². The summed E-state index contributed by atoms with van der Waals surface area (Å²) in [4.78, 5) is 4.25. The van der Waals surface area contributed by atoms with Crippen LogP contribution in [0.25, 0.3) is 0 Å². The Morgan fingerprint density at radius 2 is 2.06 bits per heavy atom. The number of halogens is 2. The highest BCUT2D eigenvalue weighted by Gasteiger charge is 2.07. The molecule has 0 atom stereocenters. The summed E-state index contributed by atoms with van der Waals surface area (Å²) >= 11 is 6.00. The number of nitrogens with zero attached hydrogens (tertiary/aromatic N) is 1. The number of aromatic nitrogens is 1. The van der Waals surface area contributed by atoms with Gasteiger partial charge in [0, 0.05) is 7.05 Å². The number of anilines is 1. The summed E-state index contributed by atoms with van der Waals surface area (Å²) in [5, 5.41) is 3.40. The molecule has 1 aromatic carbocycles. The summed E-state index contributed by atoms with van der Waals surface area (Å²) in [6.45, 7) is 0.120. The van der Waals surface area contributed by atoms with Gasteiger partial charge in [0.25, 0.3) is 0 Å². The van der Waals surface area contributed by atoms with Crippen molar-refractivity contribution in [2.45, 2.75) is 6.61 Å². The van der Waals surface area contributed by atoms with Crippen molar-refractivity contribution >= 4 is 17.4 Å². The zero-order valence-corrected chi connectivity index (χ0v) is 10.5. The predicted octanol–water partition coefficient (Wildman–Crippen LogP) is 3.49. The van der Waals surface area contributed by atoms with Gasteiger partial charge in [-0.2, -0.15) is 0 Å². The van der Waals surface area contributed by atoms with E-state index in [1.54, 1.807) is 37.4 Å². The number of hydrogen-bond acceptors (Lipinski definition) is 3. The van der Waals surface area contributed by atoms with Crippen LogP contribution in [0, 0.1) is 5.82 Å². The minimum atomic E-state index is -0.404. The van der Waals surface area contributed by atoms with Crippen LogP contribution in [0.2, 0.25) is 5.02 Å². The summed E-state index contributed by atoms with van der Waals surface area (Å²) in [5.74, 6) is 0.468. The van der Waals surface area contributed by atoms with Crippen molar-refractivity contribution in [3.63, 3.8) is 0 Å². The van der Waals surface area contributed by atoms with E-state index in [9.17, 15) is 4.39 Å². The Morgan fingerprint density at radius 3 is 2.78 bits per heavy atom. The molecule has 0 amide bonds. The molecule has 0 unspecified atom stereocenters. The Labute approximate surface area is 110 Å². The van der Waals surface area contributed by atoms with Gasteiger partial charge in [0.05, 0.1) is 10.7 Å². The molecule has 0 spiro atoms. The minimum Gasteiger partial charge on any atom is -0.484 e. The standard InChI is InChI=1S/C13H12ClFN2O/c1-16-13-7-6-9(14)11(17-13)8-18-12-5-3-2-4-10(12)15/h2-7H,8H2,1H3,(H,16,17). The van der Waals surface area contributed by atoms with E-state index in [1.165, 1.54) is 6.07 Å². The largest absolute Gasteiger partial charge is 0.484 e. The number of nitrogens with one attached hydrogen (secondary N) is 1. The van der Waals surface area contributed by atoms with E-state index in [1.807, 2.05) is 0 Å². The first-order chi connectivity index (χ1) is 8.70. The third-order valence-electron chi connectivity index (χ3n) is 2.38. The van der Waals surface area contributed by atoms with Gasteiger partial charge in [-0.05, 0) is 24.3 Å². The second kappa shape index (κ2) is 5.69.